The highest BCUT2D eigenvalue weighted by Gasteiger charge is 2.24. The van der Waals surface area contributed by atoms with Crippen molar-refractivity contribution >= 4 is 64.1 Å². The molecule has 5 nitrogen and oxygen atoms in total. The zero-order valence-electron chi connectivity index (χ0n) is 12.8. The number of nitrogens with one attached hydrogen (secondary N) is 1. The smallest absolute Gasteiger partial charge is 0.231 e. The number of hydrogen-bond donors (Lipinski definition) is 1. The fourth-order valence-corrected chi connectivity index (χ4v) is 3.17. The van der Waals surface area contributed by atoms with Gasteiger partial charge in [0, 0.05) is 28.3 Å². The molecule has 0 bridgehead atoms. The lowest BCUT2D eigenvalue weighted by Crippen LogP contribution is -2.05. The first-order valence-electron chi connectivity index (χ1n) is 7.02. The first kappa shape index (κ1) is 17.7. The van der Waals surface area contributed by atoms with E-state index in [9.17, 15) is 9.59 Å². The van der Waals surface area contributed by atoms with Gasteiger partial charge in [-0.2, -0.15) is 0 Å². The molecule has 0 saturated heterocycles. The third-order valence-electron chi connectivity index (χ3n) is 3.43. The molecule has 128 valence electrons. The number of halogens is 2. The summed E-state index contributed by atoms with van der Waals surface area (Å²) < 4.78 is 11.0. The molecular weight excluding hydrogens is 385 g/mol. The average molecular weight is 396 g/mol. The van der Waals surface area contributed by atoms with E-state index in [1.165, 1.54) is 24.2 Å². The quantitative estimate of drug-likeness (QED) is 0.353. The average Bonchev–Trinajstić information content (AvgIpc) is 2.93. The number of rotatable bonds is 6. The van der Waals surface area contributed by atoms with Crippen LogP contribution in [0.25, 0.3) is 11.0 Å². The van der Waals surface area contributed by atoms with Crippen molar-refractivity contribution in [3.63, 3.8) is 0 Å². The molecule has 0 unspecified atom stereocenters. The SMILES string of the molecule is CSOc1ccc2c(NC=O)c(C(=O)c3ccc(Cl)cc3Cl)oc2c1. The van der Waals surface area contributed by atoms with Gasteiger partial charge in [-0.1, -0.05) is 23.2 Å². The van der Waals surface area contributed by atoms with Gasteiger partial charge in [-0.25, -0.2) is 0 Å². The molecule has 0 radical (unpaired) electrons. The Kier molecular flexibility index (Phi) is 5.22. The summed E-state index contributed by atoms with van der Waals surface area (Å²) in [5.74, 6) is 0.0807. The lowest BCUT2D eigenvalue weighted by atomic mass is 10.1. The molecule has 0 aliphatic heterocycles. The molecule has 0 aliphatic carbocycles. The minimum absolute atomic E-state index is 0.0207. The van der Waals surface area contributed by atoms with Crippen LogP contribution in [0.15, 0.2) is 40.8 Å². The Hall–Kier alpha value is -2.15. The highest BCUT2D eigenvalue weighted by Crippen LogP contribution is 2.36. The van der Waals surface area contributed by atoms with Crippen LogP contribution in [-0.4, -0.2) is 18.4 Å². The summed E-state index contributed by atoms with van der Waals surface area (Å²) in [5.41, 5.74) is 0.903. The van der Waals surface area contributed by atoms with E-state index >= 15 is 0 Å². The fourth-order valence-electron chi connectivity index (χ4n) is 2.38. The molecule has 1 amide bonds. The maximum Gasteiger partial charge on any atom is 0.231 e. The Balaban J connectivity index is 2.14. The number of hydrogen-bond acceptors (Lipinski definition) is 5. The number of furan rings is 1. The Labute approximate surface area is 157 Å². The number of carbonyl (C=O) groups excluding carboxylic acids is 2. The van der Waals surface area contributed by atoms with E-state index in [0.717, 1.165) is 0 Å². The van der Waals surface area contributed by atoms with Gasteiger partial charge >= 0.3 is 0 Å². The number of carbonyl (C=O) groups is 2. The summed E-state index contributed by atoms with van der Waals surface area (Å²) in [6, 6.07) is 9.59. The monoisotopic (exact) mass is 395 g/mol. The van der Waals surface area contributed by atoms with Crippen molar-refractivity contribution in [1.82, 2.24) is 0 Å². The fraction of sp³-hybridized carbons (Fsp3) is 0.0588. The van der Waals surface area contributed by atoms with Crippen LogP contribution in [0, 0.1) is 0 Å². The van der Waals surface area contributed by atoms with E-state index in [1.54, 1.807) is 30.5 Å². The summed E-state index contributed by atoms with van der Waals surface area (Å²) in [5, 5.41) is 3.71. The van der Waals surface area contributed by atoms with Crippen LogP contribution in [0.5, 0.6) is 5.75 Å². The van der Waals surface area contributed by atoms with Crippen molar-refractivity contribution in [2.45, 2.75) is 0 Å². The predicted octanol–water partition coefficient (Wildman–Crippen LogP) is 5.20. The summed E-state index contributed by atoms with van der Waals surface area (Å²) in [4.78, 5) is 23.8. The van der Waals surface area contributed by atoms with E-state index < -0.39 is 5.78 Å². The molecule has 0 fully saturated rings. The lowest BCUT2D eigenvalue weighted by molar-refractivity contribution is -0.105. The van der Waals surface area contributed by atoms with E-state index in [-0.39, 0.29) is 22.0 Å². The van der Waals surface area contributed by atoms with Crippen molar-refractivity contribution in [2.24, 2.45) is 0 Å². The minimum atomic E-state index is -0.463. The zero-order valence-corrected chi connectivity index (χ0v) is 15.2. The second kappa shape index (κ2) is 7.39. The lowest BCUT2D eigenvalue weighted by Gasteiger charge is -2.04. The van der Waals surface area contributed by atoms with Crippen molar-refractivity contribution in [1.29, 1.82) is 0 Å². The predicted molar refractivity (Wildman–Crippen MR) is 99.9 cm³/mol. The molecule has 25 heavy (non-hydrogen) atoms. The maximum atomic E-state index is 12.8. The van der Waals surface area contributed by atoms with Crippen molar-refractivity contribution in [2.75, 3.05) is 11.6 Å². The number of amides is 1. The van der Waals surface area contributed by atoms with E-state index in [1.807, 2.05) is 0 Å². The Bertz CT molecular complexity index is 971. The summed E-state index contributed by atoms with van der Waals surface area (Å²) in [6.45, 7) is 0. The summed E-state index contributed by atoms with van der Waals surface area (Å²) in [6.07, 6.45) is 2.26. The molecule has 0 saturated carbocycles. The Morgan fingerprint density at radius 3 is 2.72 bits per heavy atom. The topological polar surface area (TPSA) is 68.5 Å². The first-order valence-corrected chi connectivity index (χ1v) is 8.93. The second-order valence-corrected chi connectivity index (χ2v) is 6.27. The highest BCUT2D eigenvalue weighted by atomic mass is 35.5. The molecule has 0 aliphatic rings. The second-order valence-electron chi connectivity index (χ2n) is 4.93. The number of benzene rings is 2. The van der Waals surface area contributed by atoms with Gasteiger partial charge in [-0.15, -0.1) is 0 Å². The molecule has 3 rings (SSSR count). The van der Waals surface area contributed by atoms with Gasteiger partial charge < -0.3 is 13.9 Å². The van der Waals surface area contributed by atoms with E-state index in [0.29, 0.717) is 28.2 Å². The van der Waals surface area contributed by atoms with Gasteiger partial charge in [0.15, 0.2) is 5.76 Å². The number of ketones is 1. The molecule has 1 N–H and O–H groups in total. The minimum Gasteiger partial charge on any atom is -0.450 e. The number of anilines is 1. The van der Waals surface area contributed by atoms with E-state index in [2.05, 4.69) is 5.32 Å². The van der Waals surface area contributed by atoms with Gasteiger partial charge in [0.25, 0.3) is 0 Å². The van der Waals surface area contributed by atoms with Crippen LogP contribution in [0.3, 0.4) is 0 Å². The molecule has 8 heteroatoms. The first-order chi connectivity index (χ1) is 12.0. The van der Waals surface area contributed by atoms with Crippen LogP contribution in [0.1, 0.15) is 16.1 Å². The van der Waals surface area contributed by atoms with Crippen LogP contribution in [0.2, 0.25) is 10.0 Å². The van der Waals surface area contributed by atoms with E-state index in [4.69, 9.17) is 31.8 Å². The van der Waals surface area contributed by atoms with Crippen molar-refractivity contribution < 1.29 is 18.2 Å². The molecular formula is C17H11Cl2NO4S. The third kappa shape index (κ3) is 3.46. The molecule has 0 atom stereocenters. The molecule has 0 spiro atoms. The normalized spacial score (nSPS) is 10.7. The van der Waals surface area contributed by atoms with Gasteiger partial charge in [-0.3, -0.25) is 9.59 Å². The molecule has 1 aromatic heterocycles. The largest absolute Gasteiger partial charge is 0.450 e. The van der Waals surface area contributed by atoms with Crippen molar-refractivity contribution in [3.8, 4) is 5.75 Å². The van der Waals surface area contributed by atoms with Gasteiger partial charge in [-0.05, 0) is 30.3 Å². The van der Waals surface area contributed by atoms with Gasteiger partial charge in [0.05, 0.1) is 22.8 Å². The molecule has 3 aromatic rings. The van der Waals surface area contributed by atoms with Crippen LogP contribution in [-0.2, 0) is 4.79 Å². The summed E-state index contributed by atoms with van der Waals surface area (Å²) >= 11 is 13.2. The van der Waals surface area contributed by atoms with Gasteiger partial charge in [0.1, 0.15) is 11.3 Å². The Morgan fingerprint density at radius 2 is 2.04 bits per heavy atom. The highest BCUT2D eigenvalue weighted by molar-refractivity contribution is 7.94. The van der Waals surface area contributed by atoms with Crippen LogP contribution >= 0.6 is 35.2 Å². The standard InChI is InChI=1S/C17H11Cl2NO4S/c1-25-24-10-3-5-12-14(7-10)23-17(15(12)20-8-21)16(22)11-4-2-9(18)6-13(11)19/h2-8H,1H3,(H,20,21). The molecule has 1 heterocycles. The van der Waals surface area contributed by atoms with Crippen LogP contribution < -0.4 is 9.50 Å². The van der Waals surface area contributed by atoms with Crippen molar-refractivity contribution in [3.05, 3.63) is 57.8 Å². The summed E-state index contributed by atoms with van der Waals surface area (Å²) in [7, 11) is 0. The third-order valence-corrected chi connectivity index (χ3v) is 4.33. The van der Waals surface area contributed by atoms with Crippen LogP contribution in [0.4, 0.5) is 5.69 Å². The zero-order chi connectivity index (χ0) is 18.0. The maximum absolute atomic E-state index is 12.8. The van der Waals surface area contributed by atoms with Gasteiger partial charge in [0.2, 0.25) is 12.2 Å². The Morgan fingerprint density at radius 1 is 1.24 bits per heavy atom. The number of fused-ring (bicyclic) bond motifs is 1. The molecule has 2 aromatic carbocycles.